The van der Waals surface area contributed by atoms with Crippen molar-refractivity contribution < 1.29 is 53.4 Å². The first kappa shape index (κ1) is 15900. The van der Waals surface area contributed by atoms with E-state index in [9.17, 15) is 0 Å². The summed E-state index contributed by atoms with van der Waals surface area (Å²) in [6.07, 6.45) is 0. The molecule has 0 heterocycles. The number of halogens is 3. The van der Waals surface area contributed by atoms with Gasteiger partial charge in [0.2, 0.25) is 0 Å². The van der Waals surface area contributed by atoms with E-state index < -0.39 is 0 Å². The summed E-state index contributed by atoms with van der Waals surface area (Å²) in [5.41, 5.74) is 0. The molecule has 0 rings (SSSR count). The maximum atomic E-state index is 0. The largest absolute Gasteiger partial charge is 0.412 e. The zero-order valence-corrected chi connectivity index (χ0v) is 4.91. The molecule has 0 aliphatic carbocycles. The zero-order valence-electron chi connectivity index (χ0n) is 3.63. The van der Waals surface area contributed by atoms with Crippen molar-refractivity contribution in [3.63, 3.8) is 0 Å². The molecular weight excluding hydrogens is 173 g/mol. The van der Waals surface area contributed by atoms with E-state index >= 15 is 0 Å². The van der Waals surface area contributed by atoms with E-state index in [4.69, 9.17) is 0 Å². The van der Waals surface area contributed by atoms with Crippen molar-refractivity contribution in [2.24, 2.45) is 0 Å². The Hall–Kier alpha value is 0.162. The maximum absolute atomic E-state index is 0. The average Bonchev–Trinajstić information content (AvgIpc) is 0. The summed E-state index contributed by atoms with van der Waals surface area (Å²) in [7, 11) is 0. The van der Waals surface area contributed by atoms with Crippen LogP contribution in [0.5, 0.6) is 0 Å². The summed E-state index contributed by atoms with van der Waals surface area (Å²) < 4.78 is 0. The summed E-state index contributed by atoms with van der Waals surface area (Å²) in [5, 5.41) is 0. The first-order valence-electron chi connectivity index (χ1n) is 0. The predicted molar refractivity (Wildman–Crippen MR) is 22.0 cm³/mol. The molecule has 0 amide bonds. The smallest absolute Gasteiger partial charge is 0 e. The Labute approximate surface area is 54.4 Å². The van der Waals surface area contributed by atoms with Gasteiger partial charge in [0.15, 0.2) is 0 Å². The number of hydrogen-bond donors (Lipinski definition) is 0. The summed E-state index contributed by atoms with van der Waals surface area (Å²) in [5.74, 6) is 0. The standard InChI is InChI=1S/Cr.3FH.4H2O/h;3*1H;4*1H2. The van der Waals surface area contributed by atoms with Crippen LogP contribution in [0, 0.1) is 0 Å². The van der Waals surface area contributed by atoms with Crippen molar-refractivity contribution in [1.29, 1.82) is 0 Å². The van der Waals surface area contributed by atoms with Crippen molar-refractivity contribution in [2.45, 2.75) is 0 Å². The number of hydrogen-bond acceptors (Lipinski definition) is 0. The average molecular weight is 184 g/mol. The number of rotatable bonds is 0. The SMILES string of the molecule is F.F.F.O.O.O.O.[Cr]. The topological polar surface area (TPSA) is 126 Å². The van der Waals surface area contributed by atoms with Gasteiger partial charge >= 0.3 is 0 Å². The fraction of sp³-hybridized carbons (Fsp3) is 0. The minimum absolute atomic E-state index is 0. The molecule has 0 fully saturated rings. The fourth-order valence-electron chi connectivity index (χ4n) is 0. The second-order valence-corrected chi connectivity index (χ2v) is 0. The second kappa shape index (κ2) is 10300. The van der Waals surface area contributed by atoms with Gasteiger partial charge in [-0.2, -0.15) is 0 Å². The first-order chi connectivity index (χ1) is 0. The molecule has 0 atom stereocenters. The Bertz CT molecular complexity index is 11.2. The monoisotopic (exact) mass is 184 g/mol. The summed E-state index contributed by atoms with van der Waals surface area (Å²) in [6.45, 7) is 0. The van der Waals surface area contributed by atoms with E-state index in [1.807, 2.05) is 0 Å². The molecule has 0 unspecified atom stereocenters. The van der Waals surface area contributed by atoms with Crippen LogP contribution in [-0.2, 0) is 17.4 Å². The van der Waals surface area contributed by atoms with Crippen molar-refractivity contribution in [1.82, 2.24) is 0 Å². The molecule has 0 aromatic carbocycles. The molecule has 0 radical (unpaired) electrons. The molecular formula is H11CrF3O4. The van der Waals surface area contributed by atoms with Gasteiger partial charge in [-0.3, -0.25) is 14.1 Å². The minimum Gasteiger partial charge on any atom is -0.412 e. The molecule has 0 saturated heterocycles. The van der Waals surface area contributed by atoms with Gasteiger partial charge in [-0.1, -0.05) is 0 Å². The van der Waals surface area contributed by atoms with E-state index in [0.717, 1.165) is 0 Å². The molecule has 8 heavy (non-hydrogen) atoms. The molecule has 8 heteroatoms. The molecule has 8 N–H and O–H groups in total. The predicted octanol–water partition coefficient (Wildman–Crippen LogP) is -2.84. The van der Waals surface area contributed by atoms with Crippen molar-refractivity contribution >= 4 is 0 Å². The van der Waals surface area contributed by atoms with Gasteiger partial charge in [0.05, 0.1) is 0 Å². The van der Waals surface area contributed by atoms with Crippen molar-refractivity contribution in [3.8, 4) is 0 Å². The first-order valence-corrected chi connectivity index (χ1v) is 0. The minimum atomic E-state index is 0. The summed E-state index contributed by atoms with van der Waals surface area (Å²) in [6, 6.07) is 0. The van der Waals surface area contributed by atoms with Crippen LogP contribution >= 0.6 is 0 Å². The Morgan fingerprint density at radius 2 is 0.375 bits per heavy atom. The van der Waals surface area contributed by atoms with Crippen molar-refractivity contribution in [2.75, 3.05) is 0 Å². The third kappa shape index (κ3) is 6220. The molecule has 62 valence electrons. The summed E-state index contributed by atoms with van der Waals surface area (Å²) >= 11 is 0. The van der Waals surface area contributed by atoms with Crippen LogP contribution in [0.1, 0.15) is 0 Å². The van der Waals surface area contributed by atoms with Crippen LogP contribution in [0.15, 0.2) is 0 Å². The Balaban J connectivity index is 0. The van der Waals surface area contributed by atoms with E-state index in [1.165, 1.54) is 0 Å². The molecule has 4 nitrogen and oxygen atoms in total. The van der Waals surface area contributed by atoms with Crippen LogP contribution < -0.4 is 0 Å². The van der Waals surface area contributed by atoms with Crippen LogP contribution in [0.2, 0.25) is 0 Å². The van der Waals surface area contributed by atoms with E-state index in [-0.39, 0.29) is 53.4 Å². The molecule has 0 aromatic rings. The second-order valence-electron chi connectivity index (χ2n) is 0. The molecule has 0 saturated carbocycles. The Morgan fingerprint density at radius 3 is 0.375 bits per heavy atom. The van der Waals surface area contributed by atoms with Gasteiger partial charge in [0.25, 0.3) is 0 Å². The fourth-order valence-corrected chi connectivity index (χ4v) is 0. The van der Waals surface area contributed by atoms with Gasteiger partial charge in [-0.25, -0.2) is 0 Å². The van der Waals surface area contributed by atoms with Crippen LogP contribution in [-0.4, -0.2) is 21.9 Å². The van der Waals surface area contributed by atoms with Crippen LogP contribution in [0.25, 0.3) is 0 Å². The summed E-state index contributed by atoms with van der Waals surface area (Å²) in [4.78, 5) is 0. The van der Waals surface area contributed by atoms with Gasteiger partial charge in [0.1, 0.15) is 0 Å². The van der Waals surface area contributed by atoms with E-state index in [0.29, 0.717) is 0 Å². The van der Waals surface area contributed by atoms with Gasteiger partial charge in [-0.05, 0) is 0 Å². The van der Waals surface area contributed by atoms with Gasteiger partial charge < -0.3 is 21.9 Å². The Morgan fingerprint density at radius 1 is 0.375 bits per heavy atom. The van der Waals surface area contributed by atoms with E-state index in [2.05, 4.69) is 0 Å². The zero-order chi connectivity index (χ0) is 0. The molecule has 0 bridgehead atoms. The normalized spacial score (nSPS) is 0. The van der Waals surface area contributed by atoms with Gasteiger partial charge in [-0.15, -0.1) is 0 Å². The van der Waals surface area contributed by atoms with Crippen molar-refractivity contribution in [3.05, 3.63) is 0 Å². The quantitative estimate of drug-likeness (QED) is 0.384. The molecule has 0 aromatic heterocycles. The third-order valence-corrected chi connectivity index (χ3v) is 0. The molecule has 0 aliphatic heterocycles. The molecule has 0 aliphatic rings. The van der Waals surface area contributed by atoms with Crippen LogP contribution in [0.3, 0.4) is 0 Å². The Kier molecular flexibility index (Phi) is 20400000. The van der Waals surface area contributed by atoms with Crippen LogP contribution in [0.4, 0.5) is 14.1 Å². The third-order valence-electron chi connectivity index (χ3n) is 0. The molecule has 0 spiro atoms. The van der Waals surface area contributed by atoms with E-state index in [1.54, 1.807) is 0 Å². The maximum Gasteiger partial charge on any atom is 0 e. The van der Waals surface area contributed by atoms with Gasteiger partial charge in [0, 0.05) is 17.4 Å².